The Morgan fingerprint density at radius 2 is 2.08 bits per heavy atom. The van der Waals surface area contributed by atoms with E-state index in [9.17, 15) is 4.79 Å². The number of hydrogen-bond acceptors (Lipinski definition) is 3. The average Bonchev–Trinajstić information content (AvgIpc) is 2.19. The van der Waals surface area contributed by atoms with Crippen LogP contribution in [0, 0.1) is 0 Å². The third-order valence-electron chi connectivity index (χ3n) is 1.50. The Hall–Kier alpha value is -1.06. The van der Waals surface area contributed by atoms with Crippen LogP contribution in [0.4, 0.5) is 0 Å². The summed E-state index contributed by atoms with van der Waals surface area (Å²) < 4.78 is 4.79. The molecular weight excluding hydrogens is 190 g/mol. The van der Waals surface area contributed by atoms with E-state index in [0.29, 0.717) is 0 Å². The van der Waals surface area contributed by atoms with Gasteiger partial charge in [0.2, 0.25) is 0 Å². The van der Waals surface area contributed by atoms with Gasteiger partial charge in [0.1, 0.15) is 5.88 Å². The quantitative estimate of drug-likeness (QED) is 0.455. The van der Waals surface area contributed by atoms with Gasteiger partial charge >= 0.3 is 5.97 Å². The Balaban J connectivity index is 2.59. The molecule has 1 aromatic rings. The first-order chi connectivity index (χ1) is 6.24. The summed E-state index contributed by atoms with van der Waals surface area (Å²) in [5.41, 5.74) is 6.32. The standard InChI is InChI=1S/C9H10ClNO2/c10-6-8(12)13-9(11)7-4-2-1-3-5-7/h1-5,9H,6,11H2. The Kier molecular flexibility index (Phi) is 3.73. The molecule has 1 aromatic carbocycles. The van der Waals surface area contributed by atoms with Gasteiger partial charge in [-0.1, -0.05) is 30.3 Å². The zero-order valence-corrected chi connectivity index (χ0v) is 7.70. The highest BCUT2D eigenvalue weighted by atomic mass is 35.5. The normalized spacial score (nSPS) is 12.2. The molecule has 70 valence electrons. The van der Waals surface area contributed by atoms with Gasteiger partial charge in [0, 0.05) is 5.56 Å². The molecule has 0 saturated carbocycles. The van der Waals surface area contributed by atoms with Gasteiger partial charge in [-0.15, -0.1) is 11.6 Å². The molecule has 0 aliphatic carbocycles. The number of nitrogens with two attached hydrogens (primary N) is 1. The first kappa shape index (κ1) is 10.0. The number of carbonyl (C=O) groups is 1. The van der Waals surface area contributed by atoms with Crippen LogP contribution in [-0.2, 0) is 9.53 Å². The third kappa shape index (κ3) is 3.05. The molecule has 4 heteroatoms. The van der Waals surface area contributed by atoms with Crippen LogP contribution in [0.15, 0.2) is 30.3 Å². The van der Waals surface area contributed by atoms with Crippen molar-refractivity contribution in [1.29, 1.82) is 0 Å². The minimum absolute atomic E-state index is 0.180. The predicted molar refractivity (Wildman–Crippen MR) is 50.2 cm³/mol. The van der Waals surface area contributed by atoms with E-state index in [-0.39, 0.29) is 5.88 Å². The molecule has 0 radical (unpaired) electrons. The maximum Gasteiger partial charge on any atom is 0.322 e. The SMILES string of the molecule is NC(OC(=O)CCl)c1ccccc1. The van der Waals surface area contributed by atoms with E-state index >= 15 is 0 Å². The number of esters is 1. The molecule has 0 amide bonds. The lowest BCUT2D eigenvalue weighted by molar-refractivity contribution is -0.146. The largest absolute Gasteiger partial charge is 0.442 e. The summed E-state index contributed by atoms with van der Waals surface area (Å²) in [4.78, 5) is 10.8. The minimum Gasteiger partial charge on any atom is -0.442 e. The zero-order chi connectivity index (χ0) is 9.68. The molecule has 0 aromatic heterocycles. The number of benzene rings is 1. The van der Waals surface area contributed by atoms with Gasteiger partial charge < -0.3 is 4.74 Å². The summed E-state index contributed by atoms with van der Waals surface area (Å²) in [6.07, 6.45) is -0.729. The lowest BCUT2D eigenvalue weighted by Crippen LogP contribution is -2.19. The number of carbonyl (C=O) groups excluding carboxylic acids is 1. The van der Waals surface area contributed by atoms with Crippen molar-refractivity contribution in [3.8, 4) is 0 Å². The van der Waals surface area contributed by atoms with Crippen molar-refractivity contribution in [3.05, 3.63) is 35.9 Å². The van der Waals surface area contributed by atoms with Crippen molar-refractivity contribution < 1.29 is 9.53 Å². The molecule has 1 rings (SSSR count). The zero-order valence-electron chi connectivity index (χ0n) is 6.94. The van der Waals surface area contributed by atoms with E-state index in [0.717, 1.165) is 5.56 Å². The molecule has 0 fully saturated rings. The fraction of sp³-hybridized carbons (Fsp3) is 0.222. The average molecular weight is 200 g/mol. The van der Waals surface area contributed by atoms with E-state index in [1.54, 1.807) is 12.1 Å². The first-order valence-corrected chi connectivity index (χ1v) is 4.33. The Bertz CT molecular complexity index is 276. The van der Waals surface area contributed by atoms with Gasteiger partial charge in [-0.2, -0.15) is 0 Å². The van der Waals surface area contributed by atoms with Gasteiger partial charge in [-0.3, -0.25) is 10.5 Å². The summed E-state index contributed by atoms with van der Waals surface area (Å²) in [7, 11) is 0. The van der Waals surface area contributed by atoms with E-state index in [4.69, 9.17) is 22.1 Å². The van der Waals surface area contributed by atoms with E-state index < -0.39 is 12.2 Å². The van der Waals surface area contributed by atoms with Gasteiger partial charge in [-0.05, 0) is 0 Å². The molecule has 0 bridgehead atoms. The maximum absolute atomic E-state index is 10.8. The molecule has 0 aliphatic heterocycles. The fourth-order valence-corrected chi connectivity index (χ4v) is 0.947. The van der Waals surface area contributed by atoms with Crippen LogP contribution in [0.3, 0.4) is 0 Å². The van der Waals surface area contributed by atoms with Gasteiger partial charge in [-0.25, -0.2) is 0 Å². The number of hydrogen-bond donors (Lipinski definition) is 1. The molecule has 0 spiro atoms. The molecule has 1 atom stereocenters. The van der Waals surface area contributed by atoms with Crippen molar-refractivity contribution in [3.63, 3.8) is 0 Å². The molecule has 1 unspecified atom stereocenters. The van der Waals surface area contributed by atoms with Gasteiger partial charge in [0.15, 0.2) is 6.23 Å². The fourth-order valence-electron chi connectivity index (χ4n) is 0.884. The minimum atomic E-state index is -0.729. The van der Waals surface area contributed by atoms with E-state index in [2.05, 4.69) is 0 Å². The highest BCUT2D eigenvalue weighted by Gasteiger charge is 2.09. The first-order valence-electron chi connectivity index (χ1n) is 3.80. The highest BCUT2D eigenvalue weighted by Crippen LogP contribution is 2.10. The van der Waals surface area contributed by atoms with Gasteiger partial charge in [0.05, 0.1) is 0 Å². The lowest BCUT2D eigenvalue weighted by Gasteiger charge is -2.11. The van der Waals surface area contributed by atoms with Crippen molar-refractivity contribution in [2.24, 2.45) is 5.73 Å². The lowest BCUT2D eigenvalue weighted by atomic mass is 10.2. The Morgan fingerprint density at radius 3 is 2.62 bits per heavy atom. The predicted octanol–water partition coefficient (Wildman–Crippen LogP) is 1.43. The van der Waals surface area contributed by atoms with Crippen LogP contribution in [0.25, 0.3) is 0 Å². The molecule has 13 heavy (non-hydrogen) atoms. The van der Waals surface area contributed by atoms with Crippen molar-refractivity contribution in [2.45, 2.75) is 6.23 Å². The molecule has 3 nitrogen and oxygen atoms in total. The summed E-state index contributed by atoms with van der Waals surface area (Å²) >= 11 is 5.25. The molecular formula is C9H10ClNO2. The van der Waals surface area contributed by atoms with Crippen LogP contribution < -0.4 is 5.73 Å². The smallest absolute Gasteiger partial charge is 0.322 e. The summed E-state index contributed by atoms with van der Waals surface area (Å²) in [6.45, 7) is 0. The second kappa shape index (κ2) is 4.84. The topological polar surface area (TPSA) is 52.3 Å². The highest BCUT2D eigenvalue weighted by molar-refractivity contribution is 6.26. The van der Waals surface area contributed by atoms with E-state index in [1.165, 1.54) is 0 Å². The number of halogens is 1. The molecule has 2 N–H and O–H groups in total. The van der Waals surface area contributed by atoms with Crippen LogP contribution in [0.5, 0.6) is 0 Å². The molecule has 0 saturated heterocycles. The number of ether oxygens (including phenoxy) is 1. The Labute approximate surface area is 81.4 Å². The van der Waals surface area contributed by atoms with Crippen LogP contribution in [-0.4, -0.2) is 11.8 Å². The molecule has 0 heterocycles. The number of rotatable bonds is 3. The third-order valence-corrected chi connectivity index (χ3v) is 1.71. The van der Waals surface area contributed by atoms with Crippen LogP contribution in [0.1, 0.15) is 11.8 Å². The van der Waals surface area contributed by atoms with Crippen LogP contribution in [0.2, 0.25) is 0 Å². The summed E-state index contributed by atoms with van der Waals surface area (Å²) in [5.74, 6) is -0.696. The maximum atomic E-state index is 10.8. The second-order valence-electron chi connectivity index (χ2n) is 2.45. The molecule has 0 aliphatic rings. The van der Waals surface area contributed by atoms with Crippen molar-refractivity contribution in [1.82, 2.24) is 0 Å². The summed E-state index contributed by atoms with van der Waals surface area (Å²) in [6, 6.07) is 9.07. The second-order valence-corrected chi connectivity index (χ2v) is 2.72. The summed E-state index contributed by atoms with van der Waals surface area (Å²) in [5, 5.41) is 0. The van der Waals surface area contributed by atoms with Crippen LogP contribution >= 0.6 is 11.6 Å². The monoisotopic (exact) mass is 199 g/mol. The van der Waals surface area contributed by atoms with E-state index in [1.807, 2.05) is 18.2 Å². The number of alkyl halides is 1. The van der Waals surface area contributed by atoms with Gasteiger partial charge in [0.25, 0.3) is 0 Å². The van der Waals surface area contributed by atoms with Crippen molar-refractivity contribution in [2.75, 3.05) is 5.88 Å². The van der Waals surface area contributed by atoms with Crippen molar-refractivity contribution >= 4 is 17.6 Å². The Morgan fingerprint density at radius 1 is 1.46 bits per heavy atom.